The van der Waals surface area contributed by atoms with Gasteiger partial charge >= 0.3 is 5.97 Å². The monoisotopic (exact) mass is 383 g/mol. The molecule has 6 nitrogen and oxygen atoms in total. The van der Waals surface area contributed by atoms with E-state index in [-0.39, 0.29) is 12.5 Å². The summed E-state index contributed by atoms with van der Waals surface area (Å²) in [6.45, 7) is 3.85. The number of hydrogen-bond acceptors (Lipinski definition) is 4. The normalized spacial score (nSPS) is 11.9. The van der Waals surface area contributed by atoms with Crippen LogP contribution in [0.1, 0.15) is 27.3 Å². The minimum absolute atomic E-state index is 0.0734. The van der Waals surface area contributed by atoms with E-state index in [1.165, 1.54) is 11.3 Å². The maximum absolute atomic E-state index is 12.6. The van der Waals surface area contributed by atoms with Crippen molar-refractivity contribution < 1.29 is 14.7 Å². The average molecular weight is 383 g/mol. The third-order valence-corrected chi connectivity index (χ3v) is 5.23. The van der Waals surface area contributed by atoms with Gasteiger partial charge < -0.3 is 10.4 Å². The first kappa shape index (κ1) is 18.8. The van der Waals surface area contributed by atoms with Gasteiger partial charge in [-0.1, -0.05) is 30.3 Å². The second-order valence-electron chi connectivity index (χ2n) is 6.37. The number of nitrogens with zero attached hydrogens (tertiary/aromatic N) is 2. The molecule has 1 unspecified atom stereocenters. The van der Waals surface area contributed by atoms with Gasteiger partial charge in [0, 0.05) is 29.5 Å². The Balaban J connectivity index is 1.71. The summed E-state index contributed by atoms with van der Waals surface area (Å²) >= 11 is 1.50. The lowest BCUT2D eigenvalue weighted by atomic mass is 9.99. The third kappa shape index (κ3) is 4.25. The number of carboxylic acids is 1. The number of amides is 1. The Morgan fingerprint density at radius 2 is 2.00 bits per heavy atom. The van der Waals surface area contributed by atoms with Crippen LogP contribution in [-0.2, 0) is 11.2 Å². The number of carbonyl (C=O) groups excluding carboxylic acids is 1. The van der Waals surface area contributed by atoms with Crippen LogP contribution in [0.15, 0.2) is 48.0 Å². The van der Waals surface area contributed by atoms with Gasteiger partial charge in [0.05, 0.1) is 11.5 Å². The smallest absolute Gasteiger partial charge is 0.308 e. The Morgan fingerprint density at radius 1 is 1.26 bits per heavy atom. The first-order valence-corrected chi connectivity index (χ1v) is 9.49. The van der Waals surface area contributed by atoms with Gasteiger partial charge in [0.2, 0.25) is 0 Å². The van der Waals surface area contributed by atoms with Crippen LogP contribution in [-0.4, -0.2) is 33.1 Å². The maximum Gasteiger partial charge on any atom is 0.308 e. The number of hydrogen-bond donors (Lipinski definition) is 2. The van der Waals surface area contributed by atoms with Crippen LogP contribution in [0, 0.1) is 19.8 Å². The molecule has 0 saturated carbocycles. The van der Waals surface area contributed by atoms with Crippen LogP contribution in [0.2, 0.25) is 0 Å². The van der Waals surface area contributed by atoms with E-state index in [2.05, 4.69) is 10.3 Å². The highest BCUT2D eigenvalue weighted by molar-refractivity contribution is 7.12. The molecule has 0 fully saturated rings. The van der Waals surface area contributed by atoms with Gasteiger partial charge in [-0.05, 0) is 31.9 Å². The molecule has 7 heteroatoms. The molecule has 0 bridgehead atoms. The van der Waals surface area contributed by atoms with Gasteiger partial charge in [0.1, 0.15) is 0 Å². The fourth-order valence-electron chi connectivity index (χ4n) is 3.07. The van der Waals surface area contributed by atoms with Crippen LogP contribution in [0.4, 0.5) is 0 Å². The highest BCUT2D eigenvalue weighted by Crippen LogP contribution is 2.22. The molecule has 2 aromatic heterocycles. The molecule has 1 aromatic carbocycles. The molecule has 3 rings (SSSR count). The van der Waals surface area contributed by atoms with Crippen molar-refractivity contribution in [1.82, 2.24) is 14.9 Å². The van der Waals surface area contributed by atoms with E-state index in [9.17, 15) is 14.7 Å². The number of aromatic nitrogens is 2. The van der Waals surface area contributed by atoms with E-state index < -0.39 is 11.9 Å². The molecule has 0 aliphatic rings. The van der Waals surface area contributed by atoms with Crippen LogP contribution in [0.3, 0.4) is 0 Å². The Labute approximate surface area is 161 Å². The van der Waals surface area contributed by atoms with E-state index in [1.807, 2.05) is 54.1 Å². The minimum Gasteiger partial charge on any atom is -0.481 e. The number of benzene rings is 1. The molecule has 2 N–H and O–H groups in total. The summed E-state index contributed by atoms with van der Waals surface area (Å²) in [6.07, 6.45) is 2.09. The lowest BCUT2D eigenvalue weighted by Crippen LogP contribution is -2.34. The van der Waals surface area contributed by atoms with Crippen molar-refractivity contribution in [2.75, 3.05) is 6.54 Å². The number of aryl methyl sites for hydroxylation is 1. The predicted molar refractivity (Wildman–Crippen MR) is 105 cm³/mol. The van der Waals surface area contributed by atoms with Crippen molar-refractivity contribution in [3.63, 3.8) is 0 Å². The first-order valence-electron chi connectivity index (χ1n) is 8.61. The van der Waals surface area contributed by atoms with Gasteiger partial charge in [-0.25, -0.2) is 4.98 Å². The van der Waals surface area contributed by atoms with Crippen molar-refractivity contribution in [1.29, 1.82) is 0 Å². The largest absolute Gasteiger partial charge is 0.481 e. The summed E-state index contributed by atoms with van der Waals surface area (Å²) in [5, 5.41) is 14.9. The maximum atomic E-state index is 12.6. The second-order valence-corrected chi connectivity index (χ2v) is 7.24. The zero-order valence-electron chi connectivity index (χ0n) is 15.2. The molecule has 0 saturated heterocycles. The number of aliphatic carboxylic acids is 1. The van der Waals surface area contributed by atoms with Gasteiger partial charge in [0.25, 0.3) is 5.91 Å². The van der Waals surface area contributed by atoms with Crippen LogP contribution < -0.4 is 5.32 Å². The van der Waals surface area contributed by atoms with Crippen molar-refractivity contribution in [2.45, 2.75) is 20.3 Å². The van der Waals surface area contributed by atoms with Crippen LogP contribution in [0.5, 0.6) is 0 Å². The molecule has 0 aliphatic carbocycles. The topological polar surface area (TPSA) is 84.2 Å². The molecule has 0 radical (unpaired) electrons. The lowest BCUT2D eigenvalue weighted by Gasteiger charge is -2.14. The molecule has 27 heavy (non-hydrogen) atoms. The van der Waals surface area contributed by atoms with Crippen molar-refractivity contribution >= 4 is 23.2 Å². The zero-order valence-corrected chi connectivity index (χ0v) is 16.0. The Bertz CT molecular complexity index is 933. The quantitative estimate of drug-likeness (QED) is 0.656. The number of rotatable bonds is 7. The van der Waals surface area contributed by atoms with E-state index in [4.69, 9.17) is 0 Å². The molecule has 1 atom stereocenters. The molecule has 2 heterocycles. The van der Waals surface area contributed by atoms with Gasteiger partial charge in [-0.15, -0.1) is 11.3 Å². The standard InChI is InChI=1S/C20H21N3O3S/c1-13-10-17(14(2)23(13)20-21-8-9-27-20)18(24)22-12-16(19(25)26)11-15-6-4-3-5-7-15/h3-10,16H,11-12H2,1-2H3,(H,22,24)(H,25,26). The molecule has 0 spiro atoms. The summed E-state index contributed by atoms with van der Waals surface area (Å²) in [5.74, 6) is -1.88. The van der Waals surface area contributed by atoms with Gasteiger partial charge in [-0.2, -0.15) is 0 Å². The summed E-state index contributed by atoms with van der Waals surface area (Å²) in [6, 6.07) is 11.2. The third-order valence-electron chi connectivity index (χ3n) is 4.47. The average Bonchev–Trinajstić information content (AvgIpc) is 3.26. The fourth-order valence-corrected chi connectivity index (χ4v) is 3.82. The Morgan fingerprint density at radius 3 is 2.63 bits per heavy atom. The Kier molecular flexibility index (Phi) is 5.71. The van der Waals surface area contributed by atoms with E-state index >= 15 is 0 Å². The first-order chi connectivity index (χ1) is 13.0. The Hall–Kier alpha value is -2.93. The summed E-state index contributed by atoms with van der Waals surface area (Å²) in [5.41, 5.74) is 3.16. The number of carboxylic acid groups (broad SMARTS) is 1. The van der Waals surface area contributed by atoms with Crippen molar-refractivity contribution in [3.8, 4) is 5.13 Å². The van der Waals surface area contributed by atoms with E-state index in [0.717, 1.165) is 22.1 Å². The van der Waals surface area contributed by atoms with E-state index in [0.29, 0.717) is 12.0 Å². The molecule has 0 aliphatic heterocycles. The number of carbonyl (C=O) groups is 2. The zero-order chi connectivity index (χ0) is 19.4. The summed E-state index contributed by atoms with van der Waals surface area (Å²) in [4.78, 5) is 28.5. The SMILES string of the molecule is Cc1cc(C(=O)NCC(Cc2ccccc2)C(=O)O)c(C)n1-c1nccs1. The molecule has 3 aromatic rings. The van der Waals surface area contributed by atoms with Gasteiger partial charge in [0.15, 0.2) is 5.13 Å². The van der Waals surface area contributed by atoms with Crippen LogP contribution >= 0.6 is 11.3 Å². The van der Waals surface area contributed by atoms with Gasteiger partial charge in [-0.3, -0.25) is 14.2 Å². The fraction of sp³-hybridized carbons (Fsp3) is 0.250. The van der Waals surface area contributed by atoms with Crippen LogP contribution in [0.25, 0.3) is 5.13 Å². The molecule has 140 valence electrons. The van der Waals surface area contributed by atoms with Crippen molar-refractivity contribution in [2.24, 2.45) is 5.92 Å². The summed E-state index contributed by atoms with van der Waals surface area (Å²) < 4.78 is 1.93. The number of thiazole rings is 1. The minimum atomic E-state index is -0.924. The molecule has 1 amide bonds. The molecular weight excluding hydrogens is 362 g/mol. The second kappa shape index (κ2) is 8.18. The van der Waals surface area contributed by atoms with Crippen molar-refractivity contribution in [3.05, 3.63) is 70.5 Å². The van der Waals surface area contributed by atoms with E-state index in [1.54, 1.807) is 12.3 Å². The molecular formula is C20H21N3O3S. The highest BCUT2D eigenvalue weighted by atomic mass is 32.1. The predicted octanol–water partition coefficient (Wildman–Crippen LogP) is 3.22. The lowest BCUT2D eigenvalue weighted by molar-refractivity contribution is -0.141. The number of nitrogens with one attached hydrogen (secondary N) is 1. The highest BCUT2D eigenvalue weighted by Gasteiger charge is 2.22. The summed E-state index contributed by atoms with van der Waals surface area (Å²) in [7, 11) is 0.